The first-order valence-electron chi connectivity index (χ1n) is 6.41. The minimum atomic E-state index is -0.0466. The Morgan fingerprint density at radius 1 is 1.50 bits per heavy atom. The Morgan fingerprint density at radius 3 is 3.15 bits per heavy atom. The molecule has 2 aliphatic heterocycles. The molecule has 0 unspecified atom stereocenters. The Labute approximate surface area is 115 Å². The molecule has 2 amide bonds. The van der Waals surface area contributed by atoms with E-state index in [1.54, 1.807) is 23.1 Å². The number of nitrogens with one attached hydrogen (secondary N) is 1. The van der Waals surface area contributed by atoms with Crippen molar-refractivity contribution in [2.75, 3.05) is 32.8 Å². The summed E-state index contributed by atoms with van der Waals surface area (Å²) in [6.07, 6.45) is 0. The minimum Gasteiger partial charge on any atom is -0.492 e. The summed E-state index contributed by atoms with van der Waals surface area (Å²) < 4.78 is 11.0. The molecule has 2 heterocycles. The molecule has 0 atom stereocenters. The number of benzene rings is 1. The molecule has 2 N–H and O–H groups in total. The lowest BCUT2D eigenvalue weighted by molar-refractivity contribution is 0.202. The van der Waals surface area contributed by atoms with E-state index in [0.717, 1.165) is 5.56 Å². The van der Waals surface area contributed by atoms with Crippen LogP contribution in [0, 0.1) is 0 Å². The van der Waals surface area contributed by atoms with Gasteiger partial charge in [0, 0.05) is 24.7 Å². The quantitative estimate of drug-likeness (QED) is 0.625. The Balaban J connectivity index is 1.58. The van der Waals surface area contributed by atoms with Crippen LogP contribution in [-0.4, -0.2) is 54.7 Å². The number of nitrogens with zero attached hydrogens (tertiary/aromatic N) is 2. The molecular weight excluding hydrogens is 262 g/mol. The van der Waals surface area contributed by atoms with Gasteiger partial charge in [0.15, 0.2) is 0 Å². The van der Waals surface area contributed by atoms with E-state index < -0.39 is 0 Å². The van der Waals surface area contributed by atoms with Gasteiger partial charge in [-0.05, 0) is 12.1 Å². The SMILES string of the molecule is O=C1NCCN1CCOc1ccc2c(c1)OCC2=NO. The average molecular weight is 277 g/mol. The highest BCUT2D eigenvalue weighted by Crippen LogP contribution is 2.29. The second kappa shape index (κ2) is 5.28. The number of urea groups is 1. The molecule has 3 rings (SSSR count). The third-order valence-corrected chi connectivity index (χ3v) is 3.32. The number of amides is 2. The average Bonchev–Trinajstić information content (AvgIpc) is 3.05. The number of hydrogen-bond donors (Lipinski definition) is 2. The monoisotopic (exact) mass is 277 g/mol. The van der Waals surface area contributed by atoms with E-state index in [1.165, 1.54) is 0 Å². The number of fused-ring (bicyclic) bond motifs is 1. The van der Waals surface area contributed by atoms with Crippen LogP contribution >= 0.6 is 0 Å². The largest absolute Gasteiger partial charge is 0.492 e. The Bertz CT molecular complexity index is 559. The van der Waals surface area contributed by atoms with Crippen molar-refractivity contribution in [1.82, 2.24) is 10.2 Å². The van der Waals surface area contributed by atoms with Gasteiger partial charge in [-0.25, -0.2) is 4.79 Å². The van der Waals surface area contributed by atoms with Crippen molar-refractivity contribution in [1.29, 1.82) is 0 Å². The fourth-order valence-corrected chi connectivity index (χ4v) is 2.26. The third kappa shape index (κ3) is 2.34. The maximum absolute atomic E-state index is 11.3. The molecule has 20 heavy (non-hydrogen) atoms. The standard InChI is InChI=1S/C13H15N3O4/c17-13-14-3-4-16(13)5-6-19-9-1-2-10-11(15-18)8-20-12(10)7-9/h1-2,7,18H,3-6,8H2,(H,14,17). The molecule has 106 valence electrons. The molecule has 1 fully saturated rings. The van der Waals surface area contributed by atoms with Gasteiger partial charge in [0.2, 0.25) is 0 Å². The first-order valence-corrected chi connectivity index (χ1v) is 6.41. The number of carbonyl (C=O) groups excluding carboxylic acids is 1. The molecule has 0 aromatic heterocycles. The number of ether oxygens (including phenoxy) is 2. The summed E-state index contributed by atoms with van der Waals surface area (Å²) in [6.45, 7) is 2.64. The maximum Gasteiger partial charge on any atom is 0.317 e. The molecule has 1 saturated heterocycles. The van der Waals surface area contributed by atoms with E-state index in [0.29, 0.717) is 43.5 Å². The van der Waals surface area contributed by atoms with E-state index in [1.807, 2.05) is 0 Å². The lowest BCUT2D eigenvalue weighted by Gasteiger charge is -2.14. The van der Waals surface area contributed by atoms with Crippen LogP contribution in [0.2, 0.25) is 0 Å². The first-order chi connectivity index (χ1) is 9.78. The number of carbonyl (C=O) groups is 1. The first kappa shape index (κ1) is 12.6. The molecule has 0 saturated carbocycles. The molecule has 1 aromatic carbocycles. The van der Waals surface area contributed by atoms with Crippen molar-refractivity contribution >= 4 is 11.7 Å². The Kier molecular flexibility index (Phi) is 3.32. The molecule has 2 aliphatic rings. The summed E-state index contributed by atoms with van der Waals surface area (Å²) in [4.78, 5) is 13.1. The van der Waals surface area contributed by atoms with Gasteiger partial charge < -0.3 is 24.9 Å². The van der Waals surface area contributed by atoms with Gasteiger partial charge in [-0.2, -0.15) is 0 Å². The van der Waals surface area contributed by atoms with Crippen molar-refractivity contribution in [3.05, 3.63) is 23.8 Å². The summed E-state index contributed by atoms with van der Waals surface area (Å²) in [5, 5.41) is 14.7. The zero-order valence-corrected chi connectivity index (χ0v) is 10.8. The molecule has 7 heteroatoms. The second-order valence-corrected chi connectivity index (χ2v) is 4.56. The number of hydrogen-bond acceptors (Lipinski definition) is 5. The Hall–Kier alpha value is -2.44. The van der Waals surface area contributed by atoms with Gasteiger partial charge >= 0.3 is 6.03 Å². The van der Waals surface area contributed by atoms with Crippen molar-refractivity contribution in [2.45, 2.75) is 0 Å². The van der Waals surface area contributed by atoms with Crippen LogP contribution < -0.4 is 14.8 Å². The normalized spacial score (nSPS) is 18.9. The summed E-state index contributed by atoms with van der Waals surface area (Å²) >= 11 is 0. The van der Waals surface area contributed by atoms with Gasteiger partial charge in [0.05, 0.1) is 6.54 Å². The van der Waals surface area contributed by atoms with Gasteiger partial charge in [-0.3, -0.25) is 0 Å². The molecule has 0 radical (unpaired) electrons. The van der Waals surface area contributed by atoms with Crippen LogP contribution in [0.4, 0.5) is 4.79 Å². The van der Waals surface area contributed by atoms with E-state index in [2.05, 4.69) is 10.5 Å². The molecule has 0 aliphatic carbocycles. The van der Waals surface area contributed by atoms with Crippen LogP contribution in [0.5, 0.6) is 11.5 Å². The van der Waals surface area contributed by atoms with Crippen LogP contribution in [0.25, 0.3) is 0 Å². The van der Waals surface area contributed by atoms with Crippen LogP contribution in [0.1, 0.15) is 5.56 Å². The Morgan fingerprint density at radius 2 is 2.40 bits per heavy atom. The number of rotatable bonds is 4. The summed E-state index contributed by atoms with van der Waals surface area (Å²) in [5.74, 6) is 1.32. The van der Waals surface area contributed by atoms with Gasteiger partial charge in [-0.1, -0.05) is 5.16 Å². The third-order valence-electron chi connectivity index (χ3n) is 3.32. The highest BCUT2D eigenvalue weighted by atomic mass is 16.5. The maximum atomic E-state index is 11.3. The predicted octanol–water partition coefficient (Wildman–Crippen LogP) is 0.661. The van der Waals surface area contributed by atoms with Gasteiger partial charge in [-0.15, -0.1) is 0 Å². The zero-order valence-electron chi connectivity index (χ0n) is 10.8. The highest BCUT2D eigenvalue weighted by Gasteiger charge is 2.21. The molecular formula is C13H15N3O4. The van der Waals surface area contributed by atoms with Crippen LogP contribution in [0.15, 0.2) is 23.4 Å². The topological polar surface area (TPSA) is 83.4 Å². The molecule has 7 nitrogen and oxygen atoms in total. The van der Waals surface area contributed by atoms with Crippen molar-refractivity contribution in [3.8, 4) is 11.5 Å². The zero-order chi connectivity index (χ0) is 13.9. The van der Waals surface area contributed by atoms with Gasteiger partial charge in [0.25, 0.3) is 0 Å². The fraction of sp³-hybridized carbons (Fsp3) is 0.385. The number of oxime groups is 1. The molecule has 0 bridgehead atoms. The van der Waals surface area contributed by atoms with Crippen molar-refractivity contribution in [2.24, 2.45) is 5.16 Å². The van der Waals surface area contributed by atoms with Crippen LogP contribution in [0.3, 0.4) is 0 Å². The smallest absolute Gasteiger partial charge is 0.317 e. The lowest BCUT2D eigenvalue weighted by Crippen LogP contribution is -2.31. The fourth-order valence-electron chi connectivity index (χ4n) is 2.26. The van der Waals surface area contributed by atoms with E-state index in [9.17, 15) is 4.79 Å². The van der Waals surface area contributed by atoms with Crippen LogP contribution in [-0.2, 0) is 0 Å². The summed E-state index contributed by atoms with van der Waals surface area (Å²) in [6, 6.07) is 5.31. The van der Waals surface area contributed by atoms with E-state index >= 15 is 0 Å². The molecule has 1 aromatic rings. The predicted molar refractivity (Wildman–Crippen MR) is 70.7 cm³/mol. The van der Waals surface area contributed by atoms with E-state index in [-0.39, 0.29) is 12.6 Å². The van der Waals surface area contributed by atoms with Gasteiger partial charge in [0.1, 0.15) is 30.4 Å². The molecule has 0 spiro atoms. The van der Waals surface area contributed by atoms with Crippen molar-refractivity contribution in [3.63, 3.8) is 0 Å². The minimum absolute atomic E-state index is 0.0466. The van der Waals surface area contributed by atoms with Crippen molar-refractivity contribution < 1.29 is 19.5 Å². The summed E-state index contributed by atoms with van der Waals surface area (Å²) in [7, 11) is 0. The highest BCUT2D eigenvalue weighted by molar-refractivity contribution is 6.06. The van der Waals surface area contributed by atoms with E-state index in [4.69, 9.17) is 14.7 Å². The lowest BCUT2D eigenvalue weighted by atomic mass is 10.1. The second-order valence-electron chi connectivity index (χ2n) is 4.56. The summed E-state index contributed by atoms with van der Waals surface area (Å²) in [5.41, 5.74) is 1.29.